The number of carbonyl (C=O) groups is 1. The van der Waals surface area contributed by atoms with E-state index in [0.29, 0.717) is 11.8 Å². The first-order chi connectivity index (χ1) is 10.2. The molecule has 0 spiro atoms. The first kappa shape index (κ1) is 13.3. The number of carbonyl (C=O) groups excluding carboxylic acids is 1. The van der Waals surface area contributed by atoms with E-state index in [-0.39, 0.29) is 17.9 Å². The first-order valence-electron chi connectivity index (χ1n) is 6.88. The number of nitrogens with zero attached hydrogens (tertiary/aromatic N) is 1. The SMILES string of the molecule is O=C(Cc1ccccc1)Cn1ccc2ccccc2c1=O. The van der Waals surface area contributed by atoms with Crippen LogP contribution in [0.3, 0.4) is 0 Å². The maximum absolute atomic E-state index is 12.3. The van der Waals surface area contributed by atoms with E-state index in [0.717, 1.165) is 10.9 Å². The fraction of sp³-hybridized carbons (Fsp3) is 0.111. The van der Waals surface area contributed by atoms with Crippen LogP contribution in [0.15, 0.2) is 71.7 Å². The molecule has 3 aromatic rings. The predicted octanol–water partition coefficient (Wildman–Crippen LogP) is 2.81. The molecule has 3 rings (SSSR count). The van der Waals surface area contributed by atoms with Crippen molar-refractivity contribution < 1.29 is 4.79 Å². The van der Waals surface area contributed by atoms with Crippen LogP contribution in [0.1, 0.15) is 5.56 Å². The molecular formula is C18H15NO2. The Morgan fingerprint density at radius 2 is 1.62 bits per heavy atom. The molecule has 2 aromatic carbocycles. The highest BCUT2D eigenvalue weighted by atomic mass is 16.1. The average Bonchev–Trinajstić information content (AvgIpc) is 2.51. The van der Waals surface area contributed by atoms with Gasteiger partial charge in [0.2, 0.25) is 0 Å². The van der Waals surface area contributed by atoms with Gasteiger partial charge in [-0.05, 0) is 23.1 Å². The highest BCUT2D eigenvalue weighted by Gasteiger charge is 2.07. The largest absolute Gasteiger partial charge is 0.308 e. The van der Waals surface area contributed by atoms with Crippen molar-refractivity contribution in [3.63, 3.8) is 0 Å². The van der Waals surface area contributed by atoms with Gasteiger partial charge in [0.05, 0.1) is 6.54 Å². The summed E-state index contributed by atoms with van der Waals surface area (Å²) in [5.41, 5.74) is 0.853. The minimum absolute atomic E-state index is 0.0265. The second-order valence-corrected chi connectivity index (χ2v) is 5.04. The number of Topliss-reactive ketones (excluding diaryl/α,β-unsaturated/α-hetero) is 1. The lowest BCUT2D eigenvalue weighted by atomic mass is 10.1. The lowest BCUT2D eigenvalue weighted by molar-refractivity contribution is -0.119. The summed E-state index contributed by atoms with van der Waals surface area (Å²) >= 11 is 0. The van der Waals surface area contributed by atoms with E-state index >= 15 is 0 Å². The summed E-state index contributed by atoms with van der Waals surface area (Å²) in [5, 5.41) is 1.54. The lowest BCUT2D eigenvalue weighted by Gasteiger charge is -2.06. The molecule has 0 atom stereocenters. The summed E-state index contributed by atoms with van der Waals surface area (Å²) in [5.74, 6) is 0.0265. The van der Waals surface area contributed by atoms with E-state index in [1.165, 1.54) is 4.57 Å². The molecule has 0 saturated heterocycles. The zero-order chi connectivity index (χ0) is 14.7. The molecule has 0 N–H and O–H groups in total. The topological polar surface area (TPSA) is 39.1 Å². The molecule has 104 valence electrons. The Bertz CT molecular complexity index is 834. The van der Waals surface area contributed by atoms with Gasteiger partial charge in [0.25, 0.3) is 5.56 Å². The Morgan fingerprint density at radius 1 is 0.905 bits per heavy atom. The van der Waals surface area contributed by atoms with Crippen LogP contribution in [0.5, 0.6) is 0 Å². The standard InChI is InChI=1S/C18H15NO2/c20-16(12-14-6-2-1-3-7-14)13-19-11-10-15-8-4-5-9-17(15)18(19)21/h1-11H,12-13H2. The summed E-state index contributed by atoms with van der Waals surface area (Å²) in [6.07, 6.45) is 2.04. The smallest absolute Gasteiger partial charge is 0.258 e. The van der Waals surface area contributed by atoms with Gasteiger partial charge in [-0.1, -0.05) is 48.5 Å². The van der Waals surface area contributed by atoms with Gasteiger partial charge in [-0.25, -0.2) is 0 Å². The van der Waals surface area contributed by atoms with Crippen molar-refractivity contribution in [1.29, 1.82) is 0 Å². The van der Waals surface area contributed by atoms with Gasteiger partial charge >= 0.3 is 0 Å². The molecule has 0 amide bonds. The van der Waals surface area contributed by atoms with Gasteiger partial charge in [0, 0.05) is 18.0 Å². The van der Waals surface area contributed by atoms with E-state index in [1.54, 1.807) is 12.3 Å². The van der Waals surface area contributed by atoms with Crippen LogP contribution >= 0.6 is 0 Å². The maximum Gasteiger partial charge on any atom is 0.258 e. The number of pyridine rings is 1. The fourth-order valence-electron chi connectivity index (χ4n) is 2.42. The molecule has 3 nitrogen and oxygen atoms in total. The Morgan fingerprint density at radius 3 is 2.43 bits per heavy atom. The van der Waals surface area contributed by atoms with Crippen molar-refractivity contribution in [2.24, 2.45) is 0 Å². The Balaban J connectivity index is 1.83. The molecule has 0 fully saturated rings. The molecular weight excluding hydrogens is 262 g/mol. The maximum atomic E-state index is 12.3. The minimum atomic E-state index is -0.116. The third-order valence-corrected chi connectivity index (χ3v) is 3.48. The van der Waals surface area contributed by atoms with E-state index in [1.807, 2.05) is 54.6 Å². The summed E-state index contributed by atoms with van der Waals surface area (Å²) in [4.78, 5) is 24.4. The third kappa shape index (κ3) is 2.92. The number of fused-ring (bicyclic) bond motifs is 1. The van der Waals surface area contributed by atoms with Gasteiger partial charge in [-0.15, -0.1) is 0 Å². The van der Waals surface area contributed by atoms with Crippen LogP contribution < -0.4 is 5.56 Å². The molecule has 21 heavy (non-hydrogen) atoms. The quantitative estimate of drug-likeness (QED) is 0.735. The number of hydrogen-bond acceptors (Lipinski definition) is 2. The van der Waals surface area contributed by atoms with E-state index < -0.39 is 0 Å². The molecule has 0 saturated carbocycles. The second kappa shape index (κ2) is 5.75. The monoisotopic (exact) mass is 277 g/mol. The van der Waals surface area contributed by atoms with Crippen molar-refractivity contribution in [3.05, 3.63) is 82.8 Å². The molecule has 0 bridgehead atoms. The normalized spacial score (nSPS) is 10.7. The van der Waals surface area contributed by atoms with Crippen LogP contribution in [0.25, 0.3) is 10.8 Å². The predicted molar refractivity (Wildman–Crippen MR) is 83.4 cm³/mol. The number of hydrogen-bond donors (Lipinski definition) is 0. The molecule has 0 unspecified atom stereocenters. The van der Waals surface area contributed by atoms with Gasteiger partial charge in [0.1, 0.15) is 0 Å². The van der Waals surface area contributed by atoms with Crippen LogP contribution in [0.4, 0.5) is 0 Å². The van der Waals surface area contributed by atoms with Crippen LogP contribution in [-0.4, -0.2) is 10.4 Å². The zero-order valence-corrected chi connectivity index (χ0v) is 11.5. The van der Waals surface area contributed by atoms with Crippen molar-refractivity contribution >= 4 is 16.6 Å². The lowest BCUT2D eigenvalue weighted by Crippen LogP contribution is -2.24. The molecule has 0 radical (unpaired) electrons. The minimum Gasteiger partial charge on any atom is -0.308 e. The second-order valence-electron chi connectivity index (χ2n) is 5.04. The highest BCUT2D eigenvalue weighted by Crippen LogP contribution is 2.08. The number of benzene rings is 2. The van der Waals surface area contributed by atoms with Gasteiger partial charge in [0.15, 0.2) is 5.78 Å². The summed E-state index contributed by atoms with van der Waals surface area (Å²) in [6.45, 7) is 0.110. The molecule has 1 aromatic heterocycles. The van der Waals surface area contributed by atoms with Crippen LogP contribution in [-0.2, 0) is 17.8 Å². The molecule has 0 aliphatic heterocycles. The first-order valence-corrected chi connectivity index (χ1v) is 6.88. The average molecular weight is 277 g/mol. The highest BCUT2D eigenvalue weighted by molar-refractivity contribution is 5.83. The Hall–Kier alpha value is -2.68. The molecule has 3 heteroatoms. The van der Waals surface area contributed by atoms with Crippen LogP contribution in [0.2, 0.25) is 0 Å². The van der Waals surface area contributed by atoms with Gasteiger partial charge in [-0.3, -0.25) is 9.59 Å². The summed E-state index contributed by atoms with van der Waals surface area (Å²) in [7, 11) is 0. The van der Waals surface area contributed by atoms with Crippen molar-refractivity contribution in [2.45, 2.75) is 13.0 Å². The van der Waals surface area contributed by atoms with Gasteiger partial charge in [-0.2, -0.15) is 0 Å². The van der Waals surface area contributed by atoms with E-state index in [2.05, 4.69) is 0 Å². The Kier molecular flexibility index (Phi) is 3.65. The molecule has 1 heterocycles. The molecule has 0 aliphatic rings. The number of ketones is 1. The van der Waals surface area contributed by atoms with E-state index in [9.17, 15) is 9.59 Å². The van der Waals surface area contributed by atoms with E-state index in [4.69, 9.17) is 0 Å². The number of aromatic nitrogens is 1. The Labute approximate surface area is 122 Å². The van der Waals surface area contributed by atoms with Crippen molar-refractivity contribution in [3.8, 4) is 0 Å². The molecule has 0 aliphatic carbocycles. The fourth-order valence-corrected chi connectivity index (χ4v) is 2.42. The van der Waals surface area contributed by atoms with Gasteiger partial charge < -0.3 is 4.57 Å². The number of rotatable bonds is 4. The van der Waals surface area contributed by atoms with Crippen molar-refractivity contribution in [2.75, 3.05) is 0 Å². The van der Waals surface area contributed by atoms with Crippen molar-refractivity contribution in [1.82, 2.24) is 4.57 Å². The zero-order valence-electron chi connectivity index (χ0n) is 11.5. The van der Waals surface area contributed by atoms with Crippen LogP contribution in [0, 0.1) is 0 Å². The summed E-state index contributed by atoms with van der Waals surface area (Å²) in [6, 6.07) is 18.8. The summed E-state index contributed by atoms with van der Waals surface area (Å²) < 4.78 is 1.48. The third-order valence-electron chi connectivity index (χ3n) is 3.48.